The fourth-order valence-electron chi connectivity index (χ4n) is 1.16. The maximum absolute atomic E-state index is 11.0. The fourth-order valence-corrected chi connectivity index (χ4v) is 1.16. The second-order valence-corrected chi connectivity index (χ2v) is 2.47. The molecule has 1 amide bonds. The molecule has 1 aliphatic heterocycles. The standard InChI is InChI=1S/C6H13N3O/c1-5-3-8-4-6(10)9(5)7-2/h5,7-8H,3-4H2,1-2H3. The lowest BCUT2D eigenvalue weighted by Gasteiger charge is -2.32. The van der Waals surface area contributed by atoms with Crippen LogP contribution in [0.1, 0.15) is 6.92 Å². The Labute approximate surface area is 60.5 Å². The van der Waals surface area contributed by atoms with E-state index < -0.39 is 0 Å². The van der Waals surface area contributed by atoms with E-state index in [2.05, 4.69) is 10.7 Å². The van der Waals surface area contributed by atoms with Gasteiger partial charge in [0.05, 0.1) is 12.6 Å². The van der Waals surface area contributed by atoms with E-state index in [1.54, 1.807) is 12.1 Å². The van der Waals surface area contributed by atoms with Gasteiger partial charge in [-0.15, -0.1) is 0 Å². The average molecular weight is 143 g/mol. The lowest BCUT2D eigenvalue weighted by molar-refractivity contribution is -0.137. The number of piperazine rings is 1. The smallest absolute Gasteiger partial charge is 0.250 e. The number of hydrogen-bond acceptors (Lipinski definition) is 3. The average Bonchev–Trinajstić information content (AvgIpc) is 1.88. The number of nitrogens with one attached hydrogen (secondary N) is 2. The second kappa shape index (κ2) is 2.98. The maximum Gasteiger partial charge on any atom is 0.250 e. The SMILES string of the molecule is CNN1C(=O)CNCC1C. The van der Waals surface area contributed by atoms with Crippen LogP contribution in [0.15, 0.2) is 0 Å². The first-order valence-corrected chi connectivity index (χ1v) is 3.46. The van der Waals surface area contributed by atoms with Crippen molar-refractivity contribution >= 4 is 5.91 Å². The van der Waals surface area contributed by atoms with Crippen molar-refractivity contribution < 1.29 is 4.79 Å². The highest BCUT2D eigenvalue weighted by Crippen LogP contribution is 1.97. The molecule has 10 heavy (non-hydrogen) atoms. The molecule has 1 fully saturated rings. The topological polar surface area (TPSA) is 44.4 Å². The van der Waals surface area contributed by atoms with E-state index >= 15 is 0 Å². The van der Waals surface area contributed by atoms with Gasteiger partial charge in [0, 0.05) is 13.6 Å². The Bertz CT molecular complexity index is 137. The van der Waals surface area contributed by atoms with Crippen LogP contribution in [0.2, 0.25) is 0 Å². The summed E-state index contributed by atoms with van der Waals surface area (Å²) in [7, 11) is 1.76. The quantitative estimate of drug-likeness (QED) is 0.492. The molecule has 1 saturated heterocycles. The normalized spacial score (nSPS) is 27.2. The fraction of sp³-hybridized carbons (Fsp3) is 0.833. The molecule has 0 aromatic carbocycles. The van der Waals surface area contributed by atoms with E-state index in [9.17, 15) is 4.79 Å². The van der Waals surface area contributed by atoms with E-state index in [1.807, 2.05) is 6.92 Å². The molecule has 0 spiro atoms. The van der Waals surface area contributed by atoms with Gasteiger partial charge in [0.25, 0.3) is 5.91 Å². The van der Waals surface area contributed by atoms with E-state index in [4.69, 9.17) is 0 Å². The molecule has 0 bridgehead atoms. The highest BCUT2D eigenvalue weighted by Gasteiger charge is 2.22. The van der Waals surface area contributed by atoms with Crippen LogP contribution in [0.4, 0.5) is 0 Å². The lowest BCUT2D eigenvalue weighted by Crippen LogP contribution is -2.57. The van der Waals surface area contributed by atoms with Crippen molar-refractivity contribution in [3.05, 3.63) is 0 Å². The van der Waals surface area contributed by atoms with Gasteiger partial charge >= 0.3 is 0 Å². The van der Waals surface area contributed by atoms with Crippen LogP contribution in [0.5, 0.6) is 0 Å². The summed E-state index contributed by atoms with van der Waals surface area (Å²) in [5.41, 5.74) is 2.85. The van der Waals surface area contributed by atoms with Crippen molar-refractivity contribution in [1.82, 2.24) is 15.8 Å². The van der Waals surface area contributed by atoms with Crippen LogP contribution < -0.4 is 10.7 Å². The largest absolute Gasteiger partial charge is 0.306 e. The first-order valence-electron chi connectivity index (χ1n) is 3.46. The number of amides is 1. The number of nitrogens with zero attached hydrogens (tertiary/aromatic N) is 1. The Morgan fingerprint density at radius 2 is 2.50 bits per heavy atom. The zero-order valence-corrected chi connectivity index (χ0v) is 6.35. The molecule has 0 saturated carbocycles. The van der Waals surface area contributed by atoms with Crippen LogP contribution in [-0.4, -0.2) is 37.1 Å². The Morgan fingerprint density at radius 1 is 1.80 bits per heavy atom. The van der Waals surface area contributed by atoms with E-state index in [-0.39, 0.29) is 11.9 Å². The molecule has 1 heterocycles. The van der Waals surface area contributed by atoms with Crippen LogP contribution in [0.25, 0.3) is 0 Å². The maximum atomic E-state index is 11.0. The van der Waals surface area contributed by atoms with Crippen molar-refractivity contribution in [2.45, 2.75) is 13.0 Å². The summed E-state index contributed by atoms with van der Waals surface area (Å²) in [6.45, 7) is 3.32. The molecule has 1 atom stereocenters. The van der Waals surface area contributed by atoms with Gasteiger partial charge in [-0.3, -0.25) is 9.80 Å². The van der Waals surface area contributed by atoms with Gasteiger partial charge in [-0.25, -0.2) is 5.43 Å². The highest BCUT2D eigenvalue weighted by atomic mass is 16.2. The third kappa shape index (κ3) is 1.27. The van der Waals surface area contributed by atoms with Crippen molar-refractivity contribution in [3.63, 3.8) is 0 Å². The summed E-state index contributed by atoms with van der Waals surface area (Å²) in [4.78, 5) is 11.0. The minimum absolute atomic E-state index is 0.112. The van der Waals surface area contributed by atoms with Gasteiger partial charge in [-0.1, -0.05) is 0 Å². The molecule has 0 aromatic heterocycles. The number of carbonyl (C=O) groups excluding carboxylic acids is 1. The summed E-state index contributed by atoms with van der Waals surface area (Å²) >= 11 is 0. The Kier molecular flexibility index (Phi) is 2.24. The summed E-state index contributed by atoms with van der Waals surface area (Å²) in [5.74, 6) is 0.112. The number of hydrogen-bond donors (Lipinski definition) is 2. The molecular weight excluding hydrogens is 130 g/mol. The van der Waals surface area contributed by atoms with Crippen molar-refractivity contribution in [1.29, 1.82) is 0 Å². The Hall–Kier alpha value is -0.610. The van der Waals surface area contributed by atoms with Crippen molar-refractivity contribution in [2.24, 2.45) is 0 Å². The minimum atomic E-state index is 0.112. The molecule has 1 unspecified atom stereocenters. The van der Waals surface area contributed by atoms with E-state index in [1.165, 1.54) is 0 Å². The monoisotopic (exact) mass is 143 g/mol. The molecule has 1 rings (SSSR count). The molecular formula is C6H13N3O. The molecule has 4 nitrogen and oxygen atoms in total. The minimum Gasteiger partial charge on any atom is -0.306 e. The lowest BCUT2D eigenvalue weighted by atomic mass is 10.2. The molecule has 0 aliphatic carbocycles. The molecule has 2 N–H and O–H groups in total. The van der Waals surface area contributed by atoms with Crippen LogP contribution in [0.3, 0.4) is 0 Å². The number of hydrazine groups is 1. The van der Waals surface area contributed by atoms with Crippen LogP contribution in [0, 0.1) is 0 Å². The number of carbonyl (C=O) groups is 1. The summed E-state index contributed by atoms with van der Waals surface area (Å²) < 4.78 is 0. The van der Waals surface area contributed by atoms with Crippen molar-refractivity contribution in [2.75, 3.05) is 20.1 Å². The van der Waals surface area contributed by atoms with Gasteiger partial charge in [0.2, 0.25) is 0 Å². The van der Waals surface area contributed by atoms with Gasteiger partial charge < -0.3 is 5.32 Å². The predicted octanol–water partition coefficient (Wildman–Crippen LogP) is -1.06. The van der Waals surface area contributed by atoms with Crippen LogP contribution >= 0.6 is 0 Å². The van der Waals surface area contributed by atoms with Crippen LogP contribution in [-0.2, 0) is 4.79 Å². The summed E-state index contributed by atoms with van der Waals surface area (Å²) in [5, 5.41) is 4.67. The van der Waals surface area contributed by atoms with E-state index in [0.717, 1.165) is 6.54 Å². The predicted molar refractivity (Wildman–Crippen MR) is 38.2 cm³/mol. The first-order chi connectivity index (χ1) is 4.75. The van der Waals surface area contributed by atoms with Gasteiger partial charge in [0.15, 0.2) is 0 Å². The Morgan fingerprint density at radius 3 is 2.90 bits per heavy atom. The Balaban J connectivity index is 2.53. The number of rotatable bonds is 1. The van der Waals surface area contributed by atoms with E-state index in [0.29, 0.717) is 6.54 Å². The third-order valence-electron chi connectivity index (χ3n) is 1.67. The molecule has 1 aliphatic rings. The van der Waals surface area contributed by atoms with Gasteiger partial charge in [0.1, 0.15) is 0 Å². The van der Waals surface area contributed by atoms with Crippen molar-refractivity contribution in [3.8, 4) is 0 Å². The highest BCUT2D eigenvalue weighted by molar-refractivity contribution is 5.78. The summed E-state index contributed by atoms with van der Waals surface area (Å²) in [6, 6.07) is 0.256. The zero-order valence-electron chi connectivity index (χ0n) is 6.35. The summed E-state index contributed by atoms with van der Waals surface area (Å²) in [6.07, 6.45) is 0. The molecule has 4 heteroatoms. The molecule has 0 radical (unpaired) electrons. The second-order valence-electron chi connectivity index (χ2n) is 2.47. The molecule has 58 valence electrons. The van der Waals surface area contributed by atoms with Gasteiger partial charge in [-0.2, -0.15) is 0 Å². The zero-order chi connectivity index (χ0) is 7.56. The molecule has 0 aromatic rings. The van der Waals surface area contributed by atoms with Gasteiger partial charge in [-0.05, 0) is 6.92 Å². The third-order valence-corrected chi connectivity index (χ3v) is 1.67. The first kappa shape index (κ1) is 7.50.